The number of hydrogen-bond acceptors (Lipinski definition) is 4. The van der Waals surface area contributed by atoms with Crippen molar-refractivity contribution in [3.8, 4) is 0 Å². The van der Waals surface area contributed by atoms with E-state index in [1.165, 1.54) is 25.0 Å². The molecule has 3 atom stereocenters. The van der Waals surface area contributed by atoms with Crippen LogP contribution in [0.1, 0.15) is 37.8 Å². The summed E-state index contributed by atoms with van der Waals surface area (Å²) in [7, 11) is 0. The lowest BCUT2D eigenvalue weighted by Gasteiger charge is -2.43. The van der Waals surface area contributed by atoms with E-state index in [1.54, 1.807) is 6.07 Å². The number of hydrogen-bond donors (Lipinski definition) is 1. The lowest BCUT2D eigenvalue weighted by molar-refractivity contribution is 0.0717. The normalized spacial score (nSPS) is 25.1. The van der Waals surface area contributed by atoms with E-state index in [0.717, 1.165) is 37.7 Å². The van der Waals surface area contributed by atoms with Crippen molar-refractivity contribution in [3.05, 3.63) is 34.2 Å². The SMILES string of the molecule is CCCCSC[C@@H](O)CN1C[C@@H]2C[C@H](C1)c1cccc(=O)n1C2. The van der Waals surface area contributed by atoms with Gasteiger partial charge in [0, 0.05) is 49.6 Å². The predicted molar refractivity (Wildman–Crippen MR) is 96.2 cm³/mol. The highest BCUT2D eigenvalue weighted by molar-refractivity contribution is 7.99. The minimum atomic E-state index is -0.242. The van der Waals surface area contributed by atoms with Crippen LogP contribution in [-0.2, 0) is 6.54 Å². The molecule has 1 aromatic heterocycles. The molecule has 2 aliphatic rings. The van der Waals surface area contributed by atoms with Crippen molar-refractivity contribution in [2.45, 2.75) is 44.8 Å². The van der Waals surface area contributed by atoms with Gasteiger partial charge in [0.15, 0.2) is 0 Å². The number of piperidine rings is 1. The molecule has 2 bridgehead atoms. The monoisotopic (exact) mass is 336 g/mol. The lowest BCUT2D eigenvalue weighted by atomic mass is 9.83. The van der Waals surface area contributed by atoms with Gasteiger partial charge in [-0.2, -0.15) is 11.8 Å². The molecule has 1 aromatic rings. The van der Waals surface area contributed by atoms with Gasteiger partial charge in [-0.25, -0.2) is 0 Å². The fraction of sp³-hybridized carbons (Fsp3) is 0.722. The Bertz CT molecular complexity index is 574. The van der Waals surface area contributed by atoms with E-state index >= 15 is 0 Å². The highest BCUT2D eigenvalue weighted by Gasteiger charge is 2.34. The molecular weight excluding hydrogens is 308 g/mol. The number of thioether (sulfide) groups is 1. The van der Waals surface area contributed by atoms with E-state index in [2.05, 4.69) is 17.9 Å². The topological polar surface area (TPSA) is 45.5 Å². The zero-order valence-electron chi connectivity index (χ0n) is 14.0. The van der Waals surface area contributed by atoms with E-state index in [4.69, 9.17) is 0 Å². The Morgan fingerprint density at radius 1 is 1.35 bits per heavy atom. The Labute approximate surface area is 142 Å². The minimum Gasteiger partial charge on any atom is -0.391 e. The van der Waals surface area contributed by atoms with E-state index in [1.807, 2.05) is 22.4 Å². The minimum absolute atomic E-state index is 0.137. The maximum Gasteiger partial charge on any atom is 0.250 e. The van der Waals surface area contributed by atoms with Gasteiger partial charge < -0.3 is 9.67 Å². The number of aromatic nitrogens is 1. The van der Waals surface area contributed by atoms with Crippen molar-refractivity contribution in [1.82, 2.24) is 9.47 Å². The van der Waals surface area contributed by atoms with E-state index < -0.39 is 0 Å². The van der Waals surface area contributed by atoms with Crippen LogP contribution in [0.25, 0.3) is 0 Å². The van der Waals surface area contributed by atoms with Crippen LogP contribution in [0.2, 0.25) is 0 Å². The van der Waals surface area contributed by atoms with Gasteiger partial charge >= 0.3 is 0 Å². The maximum absolute atomic E-state index is 12.0. The van der Waals surface area contributed by atoms with Gasteiger partial charge in [-0.1, -0.05) is 19.4 Å². The first-order chi connectivity index (χ1) is 11.2. The zero-order valence-corrected chi connectivity index (χ0v) is 14.8. The van der Waals surface area contributed by atoms with Gasteiger partial charge in [0.2, 0.25) is 0 Å². The molecule has 5 heteroatoms. The summed E-state index contributed by atoms with van der Waals surface area (Å²) in [4.78, 5) is 14.4. The Kier molecular flexibility index (Phi) is 5.83. The van der Waals surface area contributed by atoms with Gasteiger partial charge in [-0.3, -0.25) is 9.69 Å². The Balaban J connectivity index is 1.56. The van der Waals surface area contributed by atoms with Gasteiger partial charge in [0.1, 0.15) is 0 Å². The summed E-state index contributed by atoms with van der Waals surface area (Å²) in [5, 5.41) is 10.3. The molecule has 4 nitrogen and oxygen atoms in total. The number of likely N-dealkylation sites (tertiary alicyclic amines) is 1. The summed E-state index contributed by atoms with van der Waals surface area (Å²) in [5.41, 5.74) is 1.32. The average Bonchev–Trinajstić information content (AvgIpc) is 2.53. The molecule has 0 spiro atoms. The molecule has 0 aromatic carbocycles. The van der Waals surface area contributed by atoms with E-state index in [0.29, 0.717) is 11.8 Å². The summed E-state index contributed by atoms with van der Waals surface area (Å²) in [6.07, 6.45) is 3.39. The van der Waals surface area contributed by atoms with Crippen molar-refractivity contribution >= 4 is 11.8 Å². The largest absolute Gasteiger partial charge is 0.391 e. The van der Waals surface area contributed by atoms with Gasteiger partial charge in [-0.05, 0) is 30.6 Å². The third-order valence-electron chi connectivity index (χ3n) is 4.98. The van der Waals surface area contributed by atoms with Crippen LogP contribution in [0.4, 0.5) is 0 Å². The highest BCUT2D eigenvalue weighted by Crippen LogP contribution is 2.34. The standard InChI is InChI=1S/C18H28N2O2S/c1-2-3-7-23-13-16(21)12-19-9-14-8-15(11-19)17-5-4-6-18(22)20(17)10-14/h4-6,14-16,21H,2-3,7-13H2,1H3/t14-,15+,16-/m0/s1. The number of nitrogens with zero attached hydrogens (tertiary/aromatic N) is 2. The first-order valence-electron chi connectivity index (χ1n) is 8.85. The molecule has 1 fully saturated rings. The van der Waals surface area contributed by atoms with Crippen molar-refractivity contribution in [3.63, 3.8) is 0 Å². The third-order valence-corrected chi connectivity index (χ3v) is 6.17. The number of aliphatic hydroxyl groups excluding tert-OH is 1. The molecule has 0 radical (unpaired) electrons. The molecule has 128 valence electrons. The first kappa shape index (κ1) is 17.1. The summed E-state index contributed by atoms with van der Waals surface area (Å²) in [6.45, 7) is 5.78. The van der Waals surface area contributed by atoms with Gasteiger partial charge in [0.25, 0.3) is 5.56 Å². The fourth-order valence-electron chi connectivity index (χ4n) is 3.96. The van der Waals surface area contributed by atoms with E-state index in [9.17, 15) is 9.90 Å². The smallest absolute Gasteiger partial charge is 0.250 e. The number of fused-ring (bicyclic) bond motifs is 4. The molecule has 3 heterocycles. The second kappa shape index (κ2) is 7.86. The molecule has 1 N–H and O–H groups in total. The van der Waals surface area contributed by atoms with Crippen molar-refractivity contribution in [2.75, 3.05) is 31.1 Å². The third kappa shape index (κ3) is 4.20. The molecule has 23 heavy (non-hydrogen) atoms. The maximum atomic E-state index is 12.0. The zero-order chi connectivity index (χ0) is 16.2. The molecule has 2 aliphatic heterocycles. The van der Waals surface area contributed by atoms with Crippen LogP contribution >= 0.6 is 11.8 Å². The highest BCUT2D eigenvalue weighted by atomic mass is 32.2. The van der Waals surface area contributed by atoms with Gasteiger partial charge in [-0.15, -0.1) is 0 Å². The number of aliphatic hydroxyl groups is 1. The molecule has 0 unspecified atom stereocenters. The van der Waals surface area contributed by atoms with Crippen LogP contribution in [0, 0.1) is 5.92 Å². The van der Waals surface area contributed by atoms with Crippen LogP contribution in [0.15, 0.2) is 23.0 Å². The molecule has 1 saturated heterocycles. The Morgan fingerprint density at radius 3 is 3.04 bits per heavy atom. The quantitative estimate of drug-likeness (QED) is 0.775. The van der Waals surface area contributed by atoms with Crippen LogP contribution in [0.3, 0.4) is 0 Å². The molecule has 0 amide bonds. The number of β-amino-alcohol motifs (C(OH)–C–C–N with tert-alkyl or cyclic N) is 1. The summed E-state index contributed by atoms with van der Waals surface area (Å²) < 4.78 is 1.97. The summed E-state index contributed by atoms with van der Waals surface area (Å²) >= 11 is 1.86. The average molecular weight is 337 g/mol. The second-order valence-corrected chi connectivity index (χ2v) is 8.15. The fourth-order valence-corrected chi connectivity index (χ4v) is 5.00. The van der Waals surface area contributed by atoms with Crippen LogP contribution in [0.5, 0.6) is 0 Å². The molecule has 0 saturated carbocycles. The van der Waals surface area contributed by atoms with Gasteiger partial charge in [0.05, 0.1) is 6.10 Å². The Morgan fingerprint density at radius 2 is 2.22 bits per heavy atom. The number of rotatable bonds is 7. The van der Waals surface area contributed by atoms with Crippen molar-refractivity contribution in [1.29, 1.82) is 0 Å². The Hall–Kier alpha value is -0.780. The lowest BCUT2D eigenvalue weighted by Crippen LogP contribution is -2.49. The predicted octanol–water partition coefficient (Wildman–Crippen LogP) is 2.16. The summed E-state index contributed by atoms with van der Waals surface area (Å²) in [6, 6.07) is 5.65. The van der Waals surface area contributed by atoms with E-state index in [-0.39, 0.29) is 11.7 Å². The van der Waals surface area contributed by atoms with Crippen LogP contribution in [-0.4, -0.2) is 51.8 Å². The van der Waals surface area contributed by atoms with Crippen molar-refractivity contribution < 1.29 is 5.11 Å². The summed E-state index contributed by atoms with van der Waals surface area (Å²) in [5.74, 6) is 2.97. The van der Waals surface area contributed by atoms with Crippen LogP contribution < -0.4 is 5.56 Å². The molecule has 0 aliphatic carbocycles. The second-order valence-electron chi connectivity index (χ2n) is 7.00. The first-order valence-corrected chi connectivity index (χ1v) is 10.0. The van der Waals surface area contributed by atoms with Crippen molar-refractivity contribution in [2.24, 2.45) is 5.92 Å². The number of unbranched alkanes of at least 4 members (excludes halogenated alkanes) is 1. The molecular formula is C18H28N2O2S. The number of pyridine rings is 1. The molecule has 3 rings (SSSR count).